The van der Waals surface area contributed by atoms with E-state index in [1.807, 2.05) is 30.3 Å². The first-order chi connectivity index (χ1) is 7.23. The largest absolute Gasteiger partial charge is 0.393 e. The third kappa shape index (κ3) is 2.20. The van der Waals surface area contributed by atoms with E-state index in [0.717, 1.165) is 5.56 Å². The fourth-order valence-corrected chi connectivity index (χ4v) is 1.94. The van der Waals surface area contributed by atoms with Crippen LogP contribution in [0.4, 0.5) is 0 Å². The third-order valence-corrected chi connectivity index (χ3v) is 2.53. The van der Waals surface area contributed by atoms with Crippen LogP contribution >= 0.6 is 0 Å². The summed E-state index contributed by atoms with van der Waals surface area (Å²) in [5.41, 5.74) is 0.975. The van der Waals surface area contributed by atoms with Crippen LogP contribution in [0.5, 0.6) is 0 Å². The Hall–Kier alpha value is -0.900. The Morgan fingerprint density at radius 3 is 2.40 bits per heavy atom. The molecule has 1 aromatic carbocycles. The topological polar surface area (TPSA) is 38.7 Å². The molecule has 1 atom stereocenters. The van der Waals surface area contributed by atoms with Gasteiger partial charge in [-0.1, -0.05) is 30.3 Å². The van der Waals surface area contributed by atoms with Gasteiger partial charge in [-0.05, 0) is 6.92 Å². The SMILES string of the molecule is CC(O)CC1(c2ccccc2)OCCO1. The molecule has 0 saturated carbocycles. The highest BCUT2D eigenvalue weighted by molar-refractivity contribution is 5.21. The zero-order chi connectivity index (χ0) is 10.7. The van der Waals surface area contributed by atoms with E-state index in [-0.39, 0.29) is 0 Å². The van der Waals surface area contributed by atoms with Gasteiger partial charge in [0, 0.05) is 12.0 Å². The maximum absolute atomic E-state index is 9.48. The molecule has 1 heterocycles. The molecule has 1 aromatic rings. The molecule has 3 nitrogen and oxygen atoms in total. The third-order valence-electron chi connectivity index (χ3n) is 2.53. The summed E-state index contributed by atoms with van der Waals surface area (Å²) < 4.78 is 11.3. The molecule has 1 aliphatic heterocycles. The zero-order valence-electron chi connectivity index (χ0n) is 8.85. The van der Waals surface area contributed by atoms with Crippen LogP contribution in [0, 0.1) is 0 Å². The highest BCUT2D eigenvalue weighted by atomic mass is 16.7. The van der Waals surface area contributed by atoms with E-state index in [2.05, 4.69) is 0 Å². The molecule has 3 heteroatoms. The van der Waals surface area contributed by atoms with Crippen molar-refractivity contribution in [2.24, 2.45) is 0 Å². The lowest BCUT2D eigenvalue weighted by Gasteiger charge is -2.29. The maximum Gasteiger partial charge on any atom is 0.197 e. The molecular formula is C12H16O3. The second-order valence-electron chi connectivity index (χ2n) is 3.87. The fraction of sp³-hybridized carbons (Fsp3) is 0.500. The summed E-state index contributed by atoms with van der Waals surface area (Å²) in [5.74, 6) is -0.741. The van der Waals surface area contributed by atoms with Crippen molar-refractivity contribution < 1.29 is 14.6 Å². The Morgan fingerprint density at radius 1 is 1.27 bits per heavy atom. The van der Waals surface area contributed by atoms with Gasteiger partial charge in [0.25, 0.3) is 0 Å². The molecule has 1 N–H and O–H groups in total. The molecule has 82 valence electrons. The predicted molar refractivity (Wildman–Crippen MR) is 56.3 cm³/mol. The van der Waals surface area contributed by atoms with E-state index in [0.29, 0.717) is 19.6 Å². The van der Waals surface area contributed by atoms with Gasteiger partial charge >= 0.3 is 0 Å². The van der Waals surface area contributed by atoms with Crippen molar-refractivity contribution >= 4 is 0 Å². The molecule has 0 amide bonds. The van der Waals surface area contributed by atoms with E-state index in [1.54, 1.807) is 6.92 Å². The van der Waals surface area contributed by atoms with Crippen LogP contribution < -0.4 is 0 Å². The van der Waals surface area contributed by atoms with Crippen molar-refractivity contribution in [3.8, 4) is 0 Å². The summed E-state index contributed by atoms with van der Waals surface area (Å²) >= 11 is 0. The van der Waals surface area contributed by atoms with E-state index in [9.17, 15) is 5.11 Å². The highest BCUT2D eigenvalue weighted by Gasteiger charge is 2.39. The molecule has 1 aliphatic rings. The predicted octanol–water partition coefficient (Wildman–Crippen LogP) is 1.66. The molecular weight excluding hydrogens is 192 g/mol. The van der Waals surface area contributed by atoms with Crippen LogP contribution in [0.3, 0.4) is 0 Å². The number of benzene rings is 1. The smallest absolute Gasteiger partial charge is 0.197 e. The van der Waals surface area contributed by atoms with Crippen molar-refractivity contribution in [2.75, 3.05) is 13.2 Å². The molecule has 0 radical (unpaired) electrons. The zero-order valence-corrected chi connectivity index (χ0v) is 8.85. The fourth-order valence-electron chi connectivity index (χ4n) is 1.94. The van der Waals surface area contributed by atoms with E-state index >= 15 is 0 Å². The monoisotopic (exact) mass is 208 g/mol. The average Bonchev–Trinajstić information content (AvgIpc) is 2.68. The summed E-state index contributed by atoms with van der Waals surface area (Å²) in [6.45, 7) is 2.92. The standard InChI is InChI=1S/C12H16O3/c1-10(13)9-12(14-7-8-15-12)11-5-3-2-4-6-11/h2-6,10,13H,7-9H2,1H3. The van der Waals surface area contributed by atoms with Gasteiger partial charge in [0.05, 0.1) is 19.3 Å². The summed E-state index contributed by atoms with van der Waals surface area (Å²) in [7, 11) is 0. The average molecular weight is 208 g/mol. The quantitative estimate of drug-likeness (QED) is 0.821. The van der Waals surface area contributed by atoms with Crippen LogP contribution in [0.25, 0.3) is 0 Å². The molecule has 1 fully saturated rings. The molecule has 1 unspecified atom stereocenters. The number of aliphatic hydroxyl groups excluding tert-OH is 1. The molecule has 2 rings (SSSR count). The van der Waals surface area contributed by atoms with Crippen LogP contribution in [-0.4, -0.2) is 24.4 Å². The summed E-state index contributed by atoms with van der Waals surface area (Å²) in [4.78, 5) is 0. The molecule has 0 aromatic heterocycles. The number of rotatable bonds is 3. The minimum absolute atomic E-state index is 0.441. The van der Waals surface area contributed by atoms with Crippen molar-refractivity contribution in [1.82, 2.24) is 0 Å². The first-order valence-corrected chi connectivity index (χ1v) is 5.24. The molecule has 0 bridgehead atoms. The Balaban J connectivity index is 2.26. The lowest BCUT2D eigenvalue weighted by molar-refractivity contribution is -0.184. The van der Waals surface area contributed by atoms with Crippen molar-refractivity contribution in [3.63, 3.8) is 0 Å². The highest BCUT2D eigenvalue weighted by Crippen LogP contribution is 2.35. The minimum Gasteiger partial charge on any atom is -0.393 e. The summed E-state index contributed by atoms with van der Waals surface area (Å²) in [5, 5.41) is 9.48. The van der Waals surface area contributed by atoms with Gasteiger partial charge in [-0.3, -0.25) is 0 Å². The normalized spacial score (nSPS) is 21.5. The van der Waals surface area contributed by atoms with Crippen molar-refractivity contribution in [1.29, 1.82) is 0 Å². The van der Waals surface area contributed by atoms with E-state index in [4.69, 9.17) is 9.47 Å². The van der Waals surface area contributed by atoms with Gasteiger partial charge in [-0.2, -0.15) is 0 Å². The van der Waals surface area contributed by atoms with Gasteiger partial charge in [0.15, 0.2) is 5.79 Å². The van der Waals surface area contributed by atoms with Crippen LogP contribution in [0.2, 0.25) is 0 Å². The molecule has 1 saturated heterocycles. The lowest BCUT2D eigenvalue weighted by Crippen LogP contribution is -2.31. The number of hydrogen-bond acceptors (Lipinski definition) is 3. The maximum atomic E-state index is 9.48. The second kappa shape index (κ2) is 4.31. The van der Waals surface area contributed by atoms with Crippen LogP contribution in [0.15, 0.2) is 30.3 Å². The van der Waals surface area contributed by atoms with Crippen molar-refractivity contribution in [2.45, 2.75) is 25.2 Å². The van der Waals surface area contributed by atoms with E-state index in [1.165, 1.54) is 0 Å². The van der Waals surface area contributed by atoms with Gasteiger partial charge < -0.3 is 14.6 Å². The number of aliphatic hydroxyl groups is 1. The lowest BCUT2D eigenvalue weighted by atomic mass is 10.00. The van der Waals surface area contributed by atoms with Gasteiger partial charge in [0.2, 0.25) is 0 Å². The number of hydrogen-bond donors (Lipinski definition) is 1. The Morgan fingerprint density at radius 2 is 1.87 bits per heavy atom. The Kier molecular flexibility index (Phi) is 3.05. The Bertz CT molecular complexity index is 302. The summed E-state index contributed by atoms with van der Waals surface area (Å²) in [6.07, 6.45) is 0.0279. The first kappa shape index (κ1) is 10.6. The molecule has 0 spiro atoms. The second-order valence-corrected chi connectivity index (χ2v) is 3.87. The summed E-state index contributed by atoms with van der Waals surface area (Å²) in [6, 6.07) is 9.78. The number of ether oxygens (including phenoxy) is 2. The van der Waals surface area contributed by atoms with Gasteiger partial charge in [0.1, 0.15) is 0 Å². The van der Waals surface area contributed by atoms with Crippen LogP contribution in [0.1, 0.15) is 18.9 Å². The van der Waals surface area contributed by atoms with Crippen LogP contribution in [-0.2, 0) is 15.3 Å². The van der Waals surface area contributed by atoms with Gasteiger partial charge in [-0.25, -0.2) is 0 Å². The van der Waals surface area contributed by atoms with Crippen molar-refractivity contribution in [3.05, 3.63) is 35.9 Å². The Labute approximate surface area is 89.6 Å². The molecule has 15 heavy (non-hydrogen) atoms. The molecule has 0 aliphatic carbocycles. The minimum atomic E-state index is -0.741. The van der Waals surface area contributed by atoms with E-state index < -0.39 is 11.9 Å². The first-order valence-electron chi connectivity index (χ1n) is 5.24. The van der Waals surface area contributed by atoms with Gasteiger partial charge in [-0.15, -0.1) is 0 Å².